The second-order valence-electron chi connectivity index (χ2n) is 18.0. The van der Waals surface area contributed by atoms with Crippen LogP contribution < -0.4 is 0 Å². The first-order valence-electron chi connectivity index (χ1n) is 17.5. The monoisotopic (exact) mass is 650 g/mol. The van der Waals surface area contributed by atoms with Gasteiger partial charge in [0.15, 0.2) is 6.29 Å². The van der Waals surface area contributed by atoms with Crippen LogP contribution in [0.5, 0.6) is 0 Å². The molecule has 1 heterocycles. The largest absolute Gasteiger partial charge is 0.481 e. The Bertz CT molecular complexity index is 1250. The number of carbonyl (C=O) groups is 1. The molecule has 5 fully saturated rings. The molecule has 0 bridgehead atoms. The number of hydrogen-bond donors (Lipinski definition) is 7. The van der Waals surface area contributed by atoms with Gasteiger partial charge in [0, 0.05) is 0 Å². The lowest BCUT2D eigenvalue weighted by Crippen LogP contribution is -2.68. The molecule has 4 saturated carbocycles. The molecule has 15 atom stereocenters. The van der Waals surface area contributed by atoms with Crippen LogP contribution in [0.4, 0.5) is 0 Å². The second-order valence-corrected chi connectivity index (χ2v) is 18.0. The predicted octanol–water partition coefficient (Wildman–Crippen LogP) is 3.00. The molecule has 10 nitrogen and oxygen atoms in total. The lowest BCUT2D eigenvalue weighted by atomic mass is 9.33. The van der Waals surface area contributed by atoms with E-state index < -0.39 is 71.7 Å². The van der Waals surface area contributed by atoms with Gasteiger partial charge in [-0.2, -0.15) is 0 Å². The summed E-state index contributed by atoms with van der Waals surface area (Å²) in [6.07, 6.45) is -1.24. The summed E-state index contributed by atoms with van der Waals surface area (Å²) in [5.74, 6) is -0.813. The average Bonchev–Trinajstić information content (AvgIpc) is 2.96. The highest BCUT2D eigenvalue weighted by atomic mass is 16.7. The molecule has 1 aliphatic heterocycles. The Labute approximate surface area is 273 Å². The van der Waals surface area contributed by atoms with Crippen LogP contribution in [0, 0.1) is 50.2 Å². The molecule has 0 aromatic heterocycles. The Morgan fingerprint density at radius 1 is 0.870 bits per heavy atom. The molecular formula is C36H58O10. The van der Waals surface area contributed by atoms with Gasteiger partial charge in [-0.25, -0.2) is 0 Å². The molecule has 0 amide bonds. The summed E-state index contributed by atoms with van der Waals surface area (Å²) in [6.45, 7) is 15.0. The van der Waals surface area contributed by atoms with E-state index in [0.717, 1.165) is 25.7 Å². The average molecular weight is 651 g/mol. The molecule has 15 unspecified atom stereocenters. The van der Waals surface area contributed by atoms with Crippen molar-refractivity contribution in [1.82, 2.24) is 0 Å². The molecule has 6 rings (SSSR count). The number of aliphatic hydroxyl groups excluding tert-OH is 6. The van der Waals surface area contributed by atoms with Crippen LogP contribution in [-0.4, -0.2) is 97.3 Å². The Kier molecular flexibility index (Phi) is 8.27. The number of rotatable bonds is 4. The van der Waals surface area contributed by atoms with Gasteiger partial charge in [-0.15, -0.1) is 0 Å². The summed E-state index contributed by atoms with van der Waals surface area (Å²) < 4.78 is 12.2. The van der Waals surface area contributed by atoms with E-state index in [0.29, 0.717) is 19.3 Å². The number of carboxylic acids is 1. The van der Waals surface area contributed by atoms with Crippen LogP contribution in [0.3, 0.4) is 0 Å². The van der Waals surface area contributed by atoms with E-state index in [1.807, 2.05) is 13.8 Å². The van der Waals surface area contributed by atoms with Gasteiger partial charge in [-0.1, -0.05) is 60.1 Å². The van der Waals surface area contributed by atoms with E-state index >= 15 is 0 Å². The fraction of sp³-hybridized carbons (Fsp3) is 0.917. The quantitative estimate of drug-likeness (QED) is 0.177. The van der Waals surface area contributed by atoms with E-state index in [9.17, 15) is 40.5 Å². The van der Waals surface area contributed by atoms with Crippen molar-refractivity contribution in [2.24, 2.45) is 50.2 Å². The number of aliphatic carboxylic acids is 1. The lowest BCUT2D eigenvalue weighted by Gasteiger charge is -2.72. The predicted molar refractivity (Wildman–Crippen MR) is 168 cm³/mol. The van der Waals surface area contributed by atoms with Crippen LogP contribution >= 0.6 is 0 Å². The molecule has 0 spiro atoms. The minimum atomic E-state index is -1.49. The zero-order valence-corrected chi connectivity index (χ0v) is 28.6. The molecule has 0 aromatic rings. The van der Waals surface area contributed by atoms with Gasteiger partial charge in [0.05, 0.1) is 24.9 Å². The van der Waals surface area contributed by atoms with Gasteiger partial charge in [0.2, 0.25) is 0 Å². The third-order valence-electron chi connectivity index (χ3n) is 15.4. The topological polar surface area (TPSA) is 177 Å². The minimum Gasteiger partial charge on any atom is -0.481 e. The number of ether oxygens (including phenoxy) is 2. The number of fused-ring (bicyclic) bond motifs is 7. The Balaban J connectivity index is 1.32. The lowest BCUT2D eigenvalue weighted by molar-refractivity contribution is -0.330. The standard InChI is InChI=1S/C36H58O10/c1-31(2)14-19-18-8-9-22-33(5)12-11-25(46-29-28(42)27(41)26(40)20(17-37)45-29)32(3,4)21(33)10-13-34(22,6)35(18,7)15-24(39)36(19,30(43)44)16-23(31)38/h8,19-29,37-42H,9-17H2,1-7H3,(H,43,44). The third-order valence-corrected chi connectivity index (χ3v) is 15.4. The number of aliphatic hydroxyl groups is 6. The van der Waals surface area contributed by atoms with Gasteiger partial charge in [0.1, 0.15) is 29.8 Å². The number of hydrogen-bond acceptors (Lipinski definition) is 9. The number of carboxylic acid groups (broad SMARTS) is 1. The molecule has 0 radical (unpaired) electrons. The van der Waals surface area contributed by atoms with Crippen molar-refractivity contribution < 1.29 is 50.0 Å². The van der Waals surface area contributed by atoms with Crippen LogP contribution in [-0.2, 0) is 14.3 Å². The minimum absolute atomic E-state index is 0.0541. The van der Waals surface area contributed by atoms with Crippen LogP contribution in [0.25, 0.3) is 0 Å². The Morgan fingerprint density at radius 2 is 1.54 bits per heavy atom. The molecule has 0 aromatic carbocycles. The highest BCUT2D eigenvalue weighted by Crippen LogP contribution is 2.76. The van der Waals surface area contributed by atoms with E-state index in [-0.39, 0.29) is 46.5 Å². The molecule has 46 heavy (non-hydrogen) atoms. The molecular weight excluding hydrogens is 592 g/mol. The molecule has 1 saturated heterocycles. The van der Waals surface area contributed by atoms with Gasteiger partial charge in [-0.05, 0) is 96.2 Å². The molecule has 7 N–H and O–H groups in total. The maximum absolute atomic E-state index is 13.0. The van der Waals surface area contributed by atoms with Crippen molar-refractivity contribution in [3.8, 4) is 0 Å². The normalized spacial score (nSPS) is 54.4. The second kappa shape index (κ2) is 10.9. The summed E-state index contributed by atoms with van der Waals surface area (Å²) >= 11 is 0. The van der Waals surface area contributed by atoms with Crippen LogP contribution in [0.2, 0.25) is 0 Å². The van der Waals surface area contributed by atoms with Gasteiger partial charge >= 0.3 is 5.97 Å². The third kappa shape index (κ3) is 4.46. The fourth-order valence-electron chi connectivity index (χ4n) is 12.3. The van der Waals surface area contributed by atoms with E-state index in [1.54, 1.807) is 0 Å². The van der Waals surface area contributed by atoms with E-state index in [2.05, 4.69) is 40.7 Å². The summed E-state index contributed by atoms with van der Waals surface area (Å²) in [4.78, 5) is 13.0. The highest BCUT2D eigenvalue weighted by Gasteiger charge is 2.72. The Morgan fingerprint density at radius 3 is 2.17 bits per heavy atom. The highest BCUT2D eigenvalue weighted by molar-refractivity contribution is 5.78. The molecule has 10 heteroatoms. The summed E-state index contributed by atoms with van der Waals surface area (Å²) in [6, 6.07) is 0. The van der Waals surface area contributed by atoms with Crippen LogP contribution in [0.1, 0.15) is 99.8 Å². The molecule has 6 aliphatic rings. The SMILES string of the molecule is CC1(C)CC2C3=CCC4C5(C)CCC(OC6OC(CO)C(O)C(O)C6O)C(C)(C)C5CCC4(C)C3(C)CC(O)C2(C(=O)O)CC1O. The first-order chi connectivity index (χ1) is 21.2. The molecule has 5 aliphatic carbocycles. The van der Waals surface area contributed by atoms with E-state index in [1.165, 1.54) is 5.57 Å². The van der Waals surface area contributed by atoms with Gasteiger partial charge in [-0.3, -0.25) is 4.79 Å². The van der Waals surface area contributed by atoms with Crippen molar-refractivity contribution in [2.45, 2.75) is 149 Å². The zero-order valence-electron chi connectivity index (χ0n) is 28.6. The summed E-state index contributed by atoms with van der Waals surface area (Å²) in [5.41, 5.74) is -1.69. The maximum Gasteiger partial charge on any atom is 0.312 e. The first kappa shape index (κ1) is 34.7. The van der Waals surface area contributed by atoms with Crippen molar-refractivity contribution in [3.63, 3.8) is 0 Å². The van der Waals surface area contributed by atoms with Crippen molar-refractivity contribution in [2.75, 3.05) is 6.61 Å². The van der Waals surface area contributed by atoms with E-state index in [4.69, 9.17) is 9.47 Å². The first-order valence-corrected chi connectivity index (χ1v) is 17.5. The van der Waals surface area contributed by atoms with Crippen LogP contribution in [0.15, 0.2) is 11.6 Å². The van der Waals surface area contributed by atoms with Crippen molar-refractivity contribution >= 4 is 5.97 Å². The summed E-state index contributed by atoms with van der Waals surface area (Å²) in [7, 11) is 0. The van der Waals surface area contributed by atoms with Crippen molar-refractivity contribution in [3.05, 3.63) is 11.6 Å². The van der Waals surface area contributed by atoms with Gasteiger partial charge in [0.25, 0.3) is 0 Å². The summed E-state index contributed by atoms with van der Waals surface area (Å²) in [5, 5.41) is 74.6. The zero-order chi connectivity index (χ0) is 34.0. The fourth-order valence-corrected chi connectivity index (χ4v) is 12.3. The smallest absolute Gasteiger partial charge is 0.312 e. The Hall–Kier alpha value is -1.11. The maximum atomic E-state index is 13.0. The number of allylic oxidation sites excluding steroid dienone is 2. The van der Waals surface area contributed by atoms with Gasteiger partial charge < -0.3 is 45.2 Å². The van der Waals surface area contributed by atoms with Crippen molar-refractivity contribution in [1.29, 1.82) is 0 Å². The molecule has 262 valence electrons.